The Morgan fingerprint density at radius 3 is 2.33 bits per heavy atom. The minimum Gasteiger partial charge on any atom is -0.390 e. The summed E-state index contributed by atoms with van der Waals surface area (Å²) < 4.78 is 40.6. The van der Waals surface area contributed by atoms with E-state index < -0.39 is 70.6 Å². The molecule has 7 rings (SSSR count). The van der Waals surface area contributed by atoms with E-state index in [1.807, 2.05) is 11.4 Å². The summed E-state index contributed by atoms with van der Waals surface area (Å²) in [5.41, 5.74) is -4.07. The average molecular weight is 596 g/mol. The molecule has 5 saturated carbocycles. The second-order valence-corrected chi connectivity index (χ2v) is 13.8. The Morgan fingerprint density at radius 1 is 1.07 bits per heavy atom. The zero-order valence-corrected chi connectivity index (χ0v) is 23.1. The molecule has 11 nitrogen and oxygen atoms in total. The Bertz CT molecular complexity index is 1220. The van der Waals surface area contributed by atoms with Crippen LogP contribution < -0.4 is 16.0 Å². The van der Waals surface area contributed by atoms with Crippen LogP contribution in [-0.2, 0) is 19.2 Å². The first-order chi connectivity index (χ1) is 19.6. The topological polar surface area (TPSA) is 172 Å². The number of halogens is 3. The molecular formula is C28H36F3N5O6. The Hall–Kier alpha value is -2.92. The molecule has 0 aromatic rings. The van der Waals surface area contributed by atoms with E-state index in [1.54, 1.807) is 0 Å². The monoisotopic (exact) mass is 595 g/mol. The number of hydrogen-bond donors (Lipinski definition) is 5. The fourth-order valence-corrected chi connectivity index (χ4v) is 9.77. The predicted octanol–water partition coefficient (Wildman–Crippen LogP) is 0.394. The van der Waals surface area contributed by atoms with Crippen molar-refractivity contribution in [2.45, 2.75) is 112 Å². The number of carbonyl (C=O) groups is 4. The fourth-order valence-electron chi connectivity index (χ4n) is 9.77. The highest BCUT2D eigenvalue weighted by Gasteiger charge is 2.67. The first-order valence-corrected chi connectivity index (χ1v) is 14.8. The van der Waals surface area contributed by atoms with Crippen molar-refractivity contribution in [1.29, 1.82) is 5.26 Å². The van der Waals surface area contributed by atoms with Crippen LogP contribution in [0.4, 0.5) is 13.2 Å². The molecule has 14 heteroatoms. The summed E-state index contributed by atoms with van der Waals surface area (Å²) in [7, 11) is 0. The van der Waals surface area contributed by atoms with Gasteiger partial charge in [0, 0.05) is 30.3 Å². The lowest BCUT2D eigenvalue weighted by atomic mass is 9.44. The first-order valence-electron chi connectivity index (χ1n) is 14.8. The molecule has 2 heterocycles. The molecule has 8 atom stereocenters. The molecule has 7 aliphatic rings. The molecular weight excluding hydrogens is 559 g/mol. The van der Waals surface area contributed by atoms with Gasteiger partial charge in [0.25, 0.3) is 0 Å². The quantitative estimate of drug-likeness (QED) is 0.283. The molecule has 6 bridgehead atoms. The van der Waals surface area contributed by atoms with Gasteiger partial charge in [-0.1, -0.05) is 0 Å². The van der Waals surface area contributed by atoms with E-state index in [2.05, 4.69) is 10.6 Å². The minimum atomic E-state index is -5.28. The van der Waals surface area contributed by atoms with Crippen molar-refractivity contribution in [2.24, 2.45) is 23.2 Å². The Balaban J connectivity index is 1.29. The summed E-state index contributed by atoms with van der Waals surface area (Å²) in [6, 6.07) is -2.21. The number of fused-ring (bicyclic) bond motifs is 2. The lowest BCUT2D eigenvalue weighted by molar-refractivity contribution is -0.238. The molecule has 0 aromatic carbocycles. The number of nitriles is 1. The minimum absolute atomic E-state index is 0.0495. The number of amides is 4. The van der Waals surface area contributed by atoms with Crippen LogP contribution in [0.1, 0.15) is 70.6 Å². The number of likely N-dealkylation sites (tertiary alicyclic amines) is 1. The van der Waals surface area contributed by atoms with Gasteiger partial charge >= 0.3 is 12.1 Å². The second-order valence-electron chi connectivity index (χ2n) is 13.8. The number of alkyl halides is 3. The van der Waals surface area contributed by atoms with Crippen LogP contribution in [0.2, 0.25) is 0 Å². The summed E-state index contributed by atoms with van der Waals surface area (Å²) in [6.45, 7) is 0.474. The van der Waals surface area contributed by atoms with E-state index >= 15 is 0 Å². The largest absolute Gasteiger partial charge is 0.471 e. The second kappa shape index (κ2) is 9.80. The van der Waals surface area contributed by atoms with Crippen LogP contribution >= 0.6 is 0 Å². The van der Waals surface area contributed by atoms with Gasteiger partial charge in [0.05, 0.1) is 17.3 Å². The Morgan fingerprint density at radius 2 is 1.76 bits per heavy atom. The number of carbonyl (C=O) groups excluding carboxylic acids is 4. The van der Waals surface area contributed by atoms with Gasteiger partial charge in [0.1, 0.15) is 18.1 Å². The summed E-state index contributed by atoms with van der Waals surface area (Å²) in [5.74, 6) is -4.91. The van der Waals surface area contributed by atoms with Gasteiger partial charge in [-0.15, -0.1) is 0 Å². The SMILES string of the molecule is N#C[C@H](C[C@@H]1CCNC1=O)NC(=O)[C@@H]1[C@H]2CC[C@H](C2)N1C(=O)[C@@H](NC(=O)C(F)(F)F)C12CC3CC(O)(CC(O)(C3)C1)C2. The van der Waals surface area contributed by atoms with Gasteiger partial charge in [-0.25, -0.2) is 0 Å². The van der Waals surface area contributed by atoms with Gasteiger partial charge < -0.3 is 31.1 Å². The number of nitrogens with one attached hydrogen (secondary N) is 3. The molecule has 7 fully saturated rings. The molecule has 5 aliphatic carbocycles. The molecule has 5 N–H and O–H groups in total. The zero-order chi connectivity index (χ0) is 30.2. The van der Waals surface area contributed by atoms with Gasteiger partial charge in [-0.2, -0.15) is 18.4 Å². The Kier molecular flexibility index (Phi) is 6.81. The van der Waals surface area contributed by atoms with Crippen molar-refractivity contribution in [3.05, 3.63) is 0 Å². The number of nitrogens with zero attached hydrogens (tertiary/aromatic N) is 2. The van der Waals surface area contributed by atoms with E-state index in [-0.39, 0.29) is 49.8 Å². The maximum Gasteiger partial charge on any atom is 0.471 e. The highest BCUT2D eigenvalue weighted by Crippen LogP contribution is 2.64. The highest BCUT2D eigenvalue weighted by molar-refractivity contribution is 5.95. The number of rotatable bonds is 7. The predicted molar refractivity (Wildman–Crippen MR) is 137 cm³/mol. The fraction of sp³-hybridized carbons (Fsp3) is 0.821. The van der Waals surface area contributed by atoms with Crippen molar-refractivity contribution in [3.8, 4) is 6.07 Å². The van der Waals surface area contributed by atoms with Crippen molar-refractivity contribution >= 4 is 23.6 Å². The normalized spacial score (nSPS) is 41.3. The molecule has 42 heavy (non-hydrogen) atoms. The molecule has 230 valence electrons. The lowest BCUT2D eigenvalue weighted by Gasteiger charge is -2.65. The number of piperidine rings is 1. The summed E-state index contributed by atoms with van der Waals surface area (Å²) >= 11 is 0. The van der Waals surface area contributed by atoms with Crippen LogP contribution in [0.3, 0.4) is 0 Å². The van der Waals surface area contributed by atoms with Crippen LogP contribution in [0.25, 0.3) is 0 Å². The molecule has 2 unspecified atom stereocenters. The third-order valence-electron chi connectivity index (χ3n) is 10.7. The molecule has 4 amide bonds. The van der Waals surface area contributed by atoms with Gasteiger partial charge in [0.2, 0.25) is 17.7 Å². The molecule has 0 aromatic heterocycles. The Labute approximate surface area is 240 Å². The van der Waals surface area contributed by atoms with E-state index in [0.29, 0.717) is 45.1 Å². The van der Waals surface area contributed by atoms with E-state index in [9.17, 15) is 47.8 Å². The van der Waals surface area contributed by atoms with E-state index in [0.717, 1.165) is 0 Å². The van der Waals surface area contributed by atoms with E-state index in [4.69, 9.17) is 0 Å². The summed E-state index contributed by atoms with van der Waals surface area (Å²) in [5, 5.41) is 39.6. The zero-order valence-electron chi connectivity index (χ0n) is 23.1. The van der Waals surface area contributed by atoms with Gasteiger partial charge in [0.15, 0.2) is 0 Å². The summed E-state index contributed by atoms with van der Waals surface area (Å²) in [4.78, 5) is 53.6. The van der Waals surface area contributed by atoms with Crippen molar-refractivity contribution in [1.82, 2.24) is 20.9 Å². The number of hydrogen-bond acceptors (Lipinski definition) is 7. The van der Waals surface area contributed by atoms with Crippen molar-refractivity contribution in [3.63, 3.8) is 0 Å². The third kappa shape index (κ3) is 4.92. The standard InChI is InChI=1S/C28H36F3N5O6/c29-28(30,31)24(40)35-20(25-7-14-8-26(41,11-25)13-27(42,9-14)12-25)23(39)36-18-2-1-15(6-18)19(36)22(38)34-17(10-32)5-16-3-4-33-21(16)37/h14-20,41-42H,1-9,11-13H2,(H,33,37)(H,34,38)(H,35,40)/t14?,15-,16-,17-,18+,19-,20+,25?,26?,27?/m0/s1. The smallest absolute Gasteiger partial charge is 0.390 e. The van der Waals surface area contributed by atoms with Crippen LogP contribution in [0.15, 0.2) is 0 Å². The van der Waals surface area contributed by atoms with Crippen molar-refractivity contribution in [2.75, 3.05) is 6.54 Å². The van der Waals surface area contributed by atoms with Crippen LogP contribution in [0, 0.1) is 34.5 Å². The molecule has 0 radical (unpaired) electrons. The van der Waals surface area contributed by atoms with Gasteiger partial charge in [-0.05, 0) is 76.0 Å². The molecule has 0 spiro atoms. The third-order valence-corrected chi connectivity index (χ3v) is 10.7. The molecule has 2 saturated heterocycles. The first kappa shape index (κ1) is 29.2. The maximum absolute atomic E-state index is 14.4. The van der Waals surface area contributed by atoms with Crippen LogP contribution in [-0.4, -0.2) is 86.8 Å². The van der Waals surface area contributed by atoms with E-state index in [1.165, 1.54) is 4.90 Å². The highest BCUT2D eigenvalue weighted by atomic mass is 19.4. The number of aliphatic hydroxyl groups is 2. The average Bonchev–Trinajstić information content (AvgIpc) is 3.60. The summed E-state index contributed by atoms with van der Waals surface area (Å²) in [6.07, 6.45) is -2.13. The van der Waals surface area contributed by atoms with Crippen molar-refractivity contribution < 1.29 is 42.6 Å². The molecule has 2 aliphatic heterocycles. The van der Waals surface area contributed by atoms with Crippen LogP contribution in [0.5, 0.6) is 0 Å². The van der Waals surface area contributed by atoms with Gasteiger partial charge in [-0.3, -0.25) is 19.2 Å². The maximum atomic E-state index is 14.4. The lowest BCUT2D eigenvalue weighted by Crippen LogP contribution is -2.71.